The SMILES string of the molecule is CCC(C)c1ccc(N(C)c2ccc(-c3ccc(N(c4ccc(C(C)CC)cc4)c4ccc(C(C)c5ccc6ccccc6c5)cc4)cc3)cc2)cc1. The second kappa shape index (κ2) is 16.0. The van der Waals surface area contributed by atoms with Gasteiger partial charge >= 0.3 is 0 Å². The van der Waals surface area contributed by atoms with Crippen LogP contribution >= 0.6 is 0 Å². The lowest BCUT2D eigenvalue weighted by molar-refractivity contribution is 0.733. The molecule has 7 aromatic rings. The normalized spacial score (nSPS) is 13.0. The number of anilines is 5. The molecule has 3 unspecified atom stereocenters. The summed E-state index contributed by atoms with van der Waals surface area (Å²) in [7, 11) is 2.14. The molecule has 3 atom stereocenters. The molecule has 7 aromatic carbocycles. The summed E-state index contributed by atoms with van der Waals surface area (Å²) >= 11 is 0. The van der Waals surface area contributed by atoms with Crippen molar-refractivity contribution in [3.8, 4) is 11.1 Å². The van der Waals surface area contributed by atoms with E-state index in [1.54, 1.807) is 0 Å². The lowest BCUT2D eigenvalue weighted by Crippen LogP contribution is -2.10. The summed E-state index contributed by atoms with van der Waals surface area (Å²) < 4.78 is 0. The molecule has 53 heavy (non-hydrogen) atoms. The van der Waals surface area contributed by atoms with Gasteiger partial charge in [-0.15, -0.1) is 0 Å². The van der Waals surface area contributed by atoms with Gasteiger partial charge in [-0.3, -0.25) is 0 Å². The molecule has 266 valence electrons. The summed E-state index contributed by atoms with van der Waals surface area (Å²) in [4.78, 5) is 4.63. The van der Waals surface area contributed by atoms with Crippen molar-refractivity contribution in [2.45, 2.75) is 65.2 Å². The molecule has 0 fully saturated rings. The molecular weight excluding hydrogens is 641 g/mol. The molecular formula is C51H52N2. The molecule has 0 heterocycles. The first-order valence-electron chi connectivity index (χ1n) is 19.4. The minimum absolute atomic E-state index is 0.289. The van der Waals surface area contributed by atoms with E-state index in [0.717, 1.165) is 29.9 Å². The quantitative estimate of drug-likeness (QED) is 0.126. The highest BCUT2D eigenvalue weighted by Crippen LogP contribution is 2.38. The minimum Gasteiger partial charge on any atom is -0.345 e. The topological polar surface area (TPSA) is 6.48 Å². The molecule has 0 bridgehead atoms. The number of fused-ring (bicyclic) bond motifs is 1. The molecule has 0 aliphatic rings. The second-order valence-electron chi connectivity index (χ2n) is 14.7. The number of hydrogen-bond donors (Lipinski definition) is 0. The van der Waals surface area contributed by atoms with Crippen molar-refractivity contribution in [2.24, 2.45) is 0 Å². The van der Waals surface area contributed by atoms with Crippen molar-refractivity contribution >= 4 is 39.2 Å². The molecule has 0 saturated heterocycles. The van der Waals surface area contributed by atoms with E-state index in [2.05, 4.69) is 215 Å². The average molecular weight is 693 g/mol. The van der Waals surface area contributed by atoms with Gasteiger partial charge in [-0.25, -0.2) is 0 Å². The maximum absolute atomic E-state index is 2.37. The number of benzene rings is 7. The summed E-state index contributed by atoms with van der Waals surface area (Å²) in [6.07, 6.45) is 2.28. The third-order valence-electron chi connectivity index (χ3n) is 11.4. The number of nitrogens with zero attached hydrogens (tertiary/aromatic N) is 2. The first-order valence-corrected chi connectivity index (χ1v) is 19.4. The van der Waals surface area contributed by atoms with Gasteiger partial charge < -0.3 is 9.80 Å². The van der Waals surface area contributed by atoms with Crippen molar-refractivity contribution in [3.05, 3.63) is 186 Å². The Hall–Kier alpha value is -5.60. The van der Waals surface area contributed by atoms with Gasteiger partial charge in [0.1, 0.15) is 0 Å². The zero-order valence-electron chi connectivity index (χ0n) is 32.1. The zero-order valence-corrected chi connectivity index (χ0v) is 32.1. The van der Waals surface area contributed by atoms with Gasteiger partial charge in [-0.05, 0) is 129 Å². The average Bonchev–Trinajstić information content (AvgIpc) is 3.23. The van der Waals surface area contributed by atoms with Crippen molar-refractivity contribution in [2.75, 3.05) is 16.8 Å². The second-order valence-corrected chi connectivity index (χ2v) is 14.7. The first kappa shape index (κ1) is 35.8. The van der Waals surface area contributed by atoms with Gasteiger partial charge in [-0.1, -0.05) is 138 Å². The molecule has 2 heteroatoms. The van der Waals surface area contributed by atoms with Crippen LogP contribution in [0.3, 0.4) is 0 Å². The Balaban J connectivity index is 1.14. The van der Waals surface area contributed by atoms with E-state index in [1.807, 2.05) is 0 Å². The van der Waals surface area contributed by atoms with Gasteiger partial charge in [0.2, 0.25) is 0 Å². The van der Waals surface area contributed by atoms with E-state index in [1.165, 1.54) is 55.5 Å². The summed E-state index contributed by atoms with van der Waals surface area (Å²) in [5.74, 6) is 1.41. The predicted octanol–water partition coefficient (Wildman–Crippen LogP) is 14.9. The van der Waals surface area contributed by atoms with Gasteiger partial charge in [0.25, 0.3) is 0 Å². The minimum atomic E-state index is 0.289. The predicted molar refractivity (Wildman–Crippen MR) is 230 cm³/mol. The zero-order chi connectivity index (χ0) is 36.9. The van der Waals surface area contributed by atoms with Crippen LogP contribution < -0.4 is 9.80 Å². The fourth-order valence-electron chi connectivity index (χ4n) is 7.31. The van der Waals surface area contributed by atoms with Crippen molar-refractivity contribution in [3.63, 3.8) is 0 Å². The van der Waals surface area contributed by atoms with Crippen molar-refractivity contribution in [1.82, 2.24) is 0 Å². The highest BCUT2D eigenvalue weighted by molar-refractivity contribution is 5.83. The van der Waals surface area contributed by atoms with E-state index in [0.29, 0.717) is 11.8 Å². The van der Waals surface area contributed by atoms with Gasteiger partial charge in [0.05, 0.1) is 0 Å². The Morgan fingerprint density at radius 3 is 1.25 bits per heavy atom. The highest BCUT2D eigenvalue weighted by Gasteiger charge is 2.16. The molecule has 0 saturated carbocycles. The Morgan fingerprint density at radius 1 is 0.396 bits per heavy atom. The van der Waals surface area contributed by atoms with Crippen LogP contribution in [0.2, 0.25) is 0 Å². The third-order valence-corrected chi connectivity index (χ3v) is 11.4. The third kappa shape index (κ3) is 7.78. The van der Waals surface area contributed by atoms with E-state index < -0.39 is 0 Å². The van der Waals surface area contributed by atoms with Crippen LogP contribution in [0.25, 0.3) is 21.9 Å². The van der Waals surface area contributed by atoms with Crippen LogP contribution in [0, 0.1) is 0 Å². The lowest BCUT2D eigenvalue weighted by Gasteiger charge is -2.27. The fourth-order valence-corrected chi connectivity index (χ4v) is 7.31. The van der Waals surface area contributed by atoms with Gasteiger partial charge in [0, 0.05) is 41.4 Å². The molecule has 0 aliphatic carbocycles. The van der Waals surface area contributed by atoms with E-state index in [-0.39, 0.29) is 5.92 Å². The van der Waals surface area contributed by atoms with Crippen LogP contribution in [0.5, 0.6) is 0 Å². The van der Waals surface area contributed by atoms with Gasteiger partial charge in [0.15, 0.2) is 0 Å². The fraction of sp³-hybridized carbons (Fsp3) is 0.216. The molecule has 0 aromatic heterocycles. The highest BCUT2D eigenvalue weighted by atomic mass is 15.1. The molecule has 0 radical (unpaired) electrons. The van der Waals surface area contributed by atoms with E-state index in [4.69, 9.17) is 0 Å². The Bertz CT molecular complexity index is 2230. The van der Waals surface area contributed by atoms with Crippen LogP contribution in [-0.2, 0) is 0 Å². The molecule has 0 amide bonds. The number of rotatable bonds is 12. The smallest absolute Gasteiger partial charge is 0.0462 e. The van der Waals surface area contributed by atoms with E-state index in [9.17, 15) is 0 Å². The lowest BCUT2D eigenvalue weighted by atomic mass is 9.91. The summed E-state index contributed by atoms with van der Waals surface area (Å²) in [5.41, 5.74) is 13.6. The van der Waals surface area contributed by atoms with Crippen LogP contribution in [-0.4, -0.2) is 7.05 Å². The summed E-state index contributed by atoms with van der Waals surface area (Å²) in [6.45, 7) is 11.4. The summed E-state index contributed by atoms with van der Waals surface area (Å²) in [6, 6.07) is 60.6. The molecule has 2 nitrogen and oxygen atoms in total. The Labute approximate surface area is 317 Å². The van der Waals surface area contributed by atoms with Crippen LogP contribution in [0.1, 0.15) is 87.5 Å². The first-order chi connectivity index (χ1) is 25.8. The van der Waals surface area contributed by atoms with Crippen LogP contribution in [0.15, 0.2) is 164 Å². The van der Waals surface area contributed by atoms with Crippen molar-refractivity contribution < 1.29 is 0 Å². The van der Waals surface area contributed by atoms with E-state index >= 15 is 0 Å². The maximum Gasteiger partial charge on any atom is 0.0462 e. The molecule has 0 spiro atoms. The number of hydrogen-bond acceptors (Lipinski definition) is 2. The molecule has 0 N–H and O–H groups in total. The Morgan fingerprint density at radius 2 is 0.774 bits per heavy atom. The monoisotopic (exact) mass is 692 g/mol. The standard InChI is InChI=1S/C51H52N2/c1-7-36(3)39-15-25-47(26-16-39)52(6)48-27-21-43(22-28-48)44-23-33-51(34-24-44)53(49-29-17-40(18-30-49)37(4)8-2)50-31-19-41(20-32-50)38(5)45-14-13-42-11-9-10-12-46(42)35-45/h9-38H,7-8H2,1-6H3. The largest absolute Gasteiger partial charge is 0.345 e. The molecule has 7 rings (SSSR count). The van der Waals surface area contributed by atoms with Gasteiger partial charge in [-0.2, -0.15) is 0 Å². The van der Waals surface area contributed by atoms with Crippen molar-refractivity contribution in [1.29, 1.82) is 0 Å². The maximum atomic E-state index is 2.37. The molecule has 0 aliphatic heterocycles. The summed E-state index contributed by atoms with van der Waals surface area (Å²) in [5, 5.41) is 2.57. The van der Waals surface area contributed by atoms with Crippen LogP contribution in [0.4, 0.5) is 28.4 Å². The Kier molecular flexibility index (Phi) is 10.8.